The molecule has 0 spiro atoms. The molecular weight excluding hydrogens is 182 g/mol. The van der Waals surface area contributed by atoms with Crippen LogP contribution in [0.25, 0.3) is 0 Å². The van der Waals surface area contributed by atoms with Crippen LogP contribution in [-0.2, 0) is 0 Å². The molecule has 1 saturated carbocycles. The number of hydrogen-bond acceptors (Lipinski definition) is 3. The van der Waals surface area contributed by atoms with Gasteiger partial charge in [0.15, 0.2) is 0 Å². The van der Waals surface area contributed by atoms with Crippen molar-refractivity contribution in [2.45, 2.75) is 45.1 Å². The lowest BCUT2D eigenvalue weighted by atomic mass is 9.76. The second-order valence-corrected chi connectivity index (χ2v) is 4.15. The van der Waals surface area contributed by atoms with Gasteiger partial charge in [-0.1, -0.05) is 19.8 Å². The maximum Gasteiger partial charge on any atom is 0.216 e. The van der Waals surface area contributed by atoms with Crippen molar-refractivity contribution in [3.8, 4) is 0 Å². The van der Waals surface area contributed by atoms with E-state index in [4.69, 9.17) is 5.11 Å². The first-order valence-electron chi connectivity index (χ1n) is 5.45. The Balaban J connectivity index is 2.65. The van der Waals surface area contributed by atoms with Gasteiger partial charge in [-0.25, -0.2) is 0 Å². The predicted octanol–water partition coefficient (Wildman–Crippen LogP) is 1.84. The van der Waals surface area contributed by atoms with E-state index < -0.39 is 6.04 Å². The summed E-state index contributed by atoms with van der Waals surface area (Å²) < 4.78 is 0. The second-order valence-electron chi connectivity index (χ2n) is 4.15. The molecule has 0 aromatic carbocycles. The van der Waals surface area contributed by atoms with Crippen LogP contribution >= 0.6 is 0 Å². The van der Waals surface area contributed by atoms with E-state index in [-0.39, 0.29) is 23.4 Å². The summed E-state index contributed by atoms with van der Waals surface area (Å²) in [4.78, 5) is 10.7. The molecule has 0 amide bonds. The lowest BCUT2D eigenvalue weighted by Crippen LogP contribution is -2.37. The maximum atomic E-state index is 10.8. The van der Waals surface area contributed by atoms with Crippen LogP contribution in [0.3, 0.4) is 0 Å². The highest BCUT2D eigenvalue weighted by Gasteiger charge is 2.37. The first kappa shape index (κ1) is 11.4. The summed E-state index contributed by atoms with van der Waals surface area (Å²) in [6, 6.07) is -0.416. The second kappa shape index (κ2) is 5.29. The number of aliphatic hydroxyl groups excluding tert-OH is 1. The minimum Gasteiger partial charge on any atom is -0.396 e. The maximum absolute atomic E-state index is 10.8. The fourth-order valence-electron chi connectivity index (χ4n) is 2.52. The molecule has 0 aromatic heterocycles. The molecule has 0 heterocycles. The lowest BCUT2D eigenvalue weighted by molar-refractivity contribution is -0.538. The summed E-state index contributed by atoms with van der Waals surface area (Å²) in [7, 11) is 0. The topological polar surface area (TPSA) is 63.4 Å². The van der Waals surface area contributed by atoms with E-state index in [0.717, 1.165) is 25.7 Å². The highest BCUT2D eigenvalue weighted by molar-refractivity contribution is 4.80. The van der Waals surface area contributed by atoms with Crippen LogP contribution in [0.2, 0.25) is 0 Å². The third-order valence-electron chi connectivity index (χ3n) is 3.42. The minimum absolute atomic E-state index is 0.0888. The molecule has 1 fully saturated rings. The summed E-state index contributed by atoms with van der Waals surface area (Å²) in [6.45, 7) is 2.08. The zero-order valence-corrected chi connectivity index (χ0v) is 8.69. The molecule has 3 atom stereocenters. The van der Waals surface area contributed by atoms with Crippen LogP contribution < -0.4 is 0 Å². The fourth-order valence-corrected chi connectivity index (χ4v) is 2.52. The van der Waals surface area contributed by atoms with Crippen LogP contribution in [0.1, 0.15) is 39.0 Å². The van der Waals surface area contributed by atoms with Gasteiger partial charge in [0.2, 0.25) is 6.04 Å². The Labute approximate surface area is 84.5 Å². The molecule has 14 heavy (non-hydrogen) atoms. The Hall–Kier alpha value is -0.640. The molecular formula is C10H19NO3. The summed E-state index contributed by atoms with van der Waals surface area (Å²) >= 11 is 0. The lowest BCUT2D eigenvalue weighted by Gasteiger charge is -2.30. The molecule has 0 saturated heterocycles. The van der Waals surface area contributed by atoms with E-state index in [1.807, 2.05) is 6.92 Å². The van der Waals surface area contributed by atoms with Gasteiger partial charge in [0.1, 0.15) is 0 Å². The first-order chi connectivity index (χ1) is 6.70. The summed E-state index contributed by atoms with van der Waals surface area (Å²) in [5.41, 5.74) is 0. The smallest absolute Gasteiger partial charge is 0.216 e. The third-order valence-corrected chi connectivity index (χ3v) is 3.42. The van der Waals surface area contributed by atoms with Crippen molar-refractivity contribution in [3.05, 3.63) is 10.1 Å². The SMILES string of the molecule is CC[C@H](CO)[C@@H]1CCCC[C@@H]1[N+](=O)[O-]. The molecule has 0 radical (unpaired) electrons. The number of nitrogens with zero attached hydrogens (tertiary/aromatic N) is 1. The minimum atomic E-state index is -0.416. The van der Waals surface area contributed by atoms with E-state index in [2.05, 4.69) is 0 Å². The van der Waals surface area contributed by atoms with Crippen LogP contribution in [-0.4, -0.2) is 22.7 Å². The Morgan fingerprint density at radius 3 is 2.64 bits per heavy atom. The van der Waals surface area contributed by atoms with Crippen LogP contribution in [0.4, 0.5) is 0 Å². The van der Waals surface area contributed by atoms with Gasteiger partial charge in [-0.15, -0.1) is 0 Å². The predicted molar refractivity (Wildman–Crippen MR) is 53.6 cm³/mol. The van der Waals surface area contributed by atoms with Gasteiger partial charge < -0.3 is 5.11 Å². The first-order valence-corrected chi connectivity index (χ1v) is 5.45. The van der Waals surface area contributed by atoms with E-state index in [1.54, 1.807) is 0 Å². The van der Waals surface area contributed by atoms with Crippen molar-refractivity contribution < 1.29 is 10.0 Å². The number of aliphatic hydroxyl groups is 1. The average molecular weight is 201 g/mol. The van der Waals surface area contributed by atoms with E-state index in [9.17, 15) is 10.1 Å². The van der Waals surface area contributed by atoms with Gasteiger partial charge in [0.25, 0.3) is 0 Å². The average Bonchev–Trinajstić information content (AvgIpc) is 2.20. The van der Waals surface area contributed by atoms with Crippen molar-refractivity contribution in [1.82, 2.24) is 0 Å². The van der Waals surface area contributed by atoms with Crippen molar-refractivity contribution in [2.24, 2.45) is 11.8 Å². The van der Waals surface area contributed by atoms with Crippen LogP contribution in [0.15, 0.2) is 0 Å². The molecule has 0 aromatic rings. The fraction of sp³-hybridized carbons (Fsp3) is 1.00. The third kappa shape index (κ3) is 2.44. The molecule has 1 aliphatic rings. The highest BCUT2D eigenvalue weighted by Crippen LogP contribution is 2.33. The molecule has 0 aliphatic heterocycles. The molecule has 82 valence electrons. The van der Waals surface area contributed by atoms with Crippen LogP contribution in [0.5, 0.6) is 0 Å². The molecule has 4 nitrogen and oxygen atoms in total. The van der Waals surface area contributed by atoms with Gasteiger partial charge in [0.05, 0.1) is 0 Å². The zero-order chi connectivity index (χ0) is 10.6. The van der Waals surface area contributed by atoms with Crippen molar-refractivity contribution in [1.29, 1.82) is 0 Å². The van der Waals surface area contributed by atoms with Gasteiger partial charge in [-0.2, -0.15) is 0 Å². The normalized spacial score (nSPS) is 29.9. The molecule has 1 rings (SSSR count). The van der Waals surface area contributed by atoms with Gasteiger partial charge in [0, 0.05) is 23.9 Å². The Morgan fingerprint density at radius 2 is 2.14 bits per heavy atom. The summed E-state index contributed by atoms with van der Waals surface area (Å²) in [5.74, 6) is 0.208. The molecule has 1 aliphatic carbocycles. The van der Waals surface area contributed by atoms with Crippen molar-refractivity contribution in [3.63, 3.8) is 0 Å². The number of nitro groups is 1. The Kier molecular flexibility index (Phi) is 4.32. The quantitative estimate of drug-likeness (QED) is 0.557. The molecule has 0 bridgehead atoms. The van der Waals surface area contributed by atoms with Crippen molar-refractivity contribution in [2.75, 3.05) is 6.61 Å². The molecule has 0 unspecified atom stereocenters. The van der Waals surface area contributed by atoms with E-state index >= 15 is 0 Å². The van der Waals surface area contributed by atoms with Crippen molar-refractivity contribution >= 4 is 0 Å². The largest absolute Gasteiger partial charge is 0.396 e. The monoisotopic (exact) mass is 201 g/mol. The van der Waals surface area contributed by atoms with Gasteiger partial charge in [-0.3, -0.25) is 10.1 Å². The summed E-state index contributed by atoms with van der Waals surface area (Å²) in [5, 5.41) is 20.0. The zero-order valence-electron chi connectivity index (χ0n) is 8.69. The van der Waals surface area contributed by atoms with E-state index in [0.29, 0.717) is 6.42 Å². The standard InChI is InChI=1S/C10H19NO3/c1-2-8(7-12)9-5-3-4-6-10(9)11(13)14/h8-10,12H,2-7H2,1H3/t8-,9+,10+/m1/s1. The molecule has 4 heteroatoms. The number of rotatable bonds is 4. The van der Waals surface area contributed by atoms with Gasteiger partial charge in [-0.05, 0) is 18.8 Å². The van der Waals surface area contributed by atoms with Gasteiger partial charge >= 0.3 is 0 Å². The molecule has 1 N–H and O–H groups in total. The Morgan fingerprint density at radius 1 is 1.50 bits per heavy atom. The Bertz CT molecular complexity index is 192. The van der Waals surface area contributed by atoms with E-state index in [1.165, 1.54) is 0 Å². The highest BCUT2D eigenvalue weighted by atomic mass is 16.6. The van der Waals surface area contributed by atoms with Crippen LogP contribution in [0, 0.1) is 22.0 Å². The summed E-state index contributed by atoms with van der Waals surface area (Å²) in [6.07, 6.45) is 4.47. The number of hydrogen-bond donors (Lipinski definition) is 1.